The van der Waals surface area contributed by atoms with Crippen molar-refractivity contribution in [1.29, 1.82) is 0 Å². The average Bonchev–Trinajstić information content (AvgIpc) is 2.47. The smallest absolute Gasteiger partial charge is 0.137 e. The van der Waals surface area contributed by atoms with Gasteiger partial charge in [0.05, 0.1) is 23.7 Å². The molecule has 116 valence electrons. The second-order valence-corrected chi connectivity index (χ2v) is 5.87. The summed E-state index contributed by atoms with van der Waals surface area (Å²) in [6, 6.07) is 7.85. The molecule has 0 aliphatic heterocycles. The van der Waals surface area contributed by atoms with Crippen LogP contribution in [0.3, 0.4) is 0 Å². The SMILES string of the molecule is Cc1cccc(-c2cc(Cl)nc(CC(=S)NCCO)n2)c1C. The lowest BCUT2D eigenvalue weighted by molar-refractivity contribution is 0.300. The first kappa shape index (κ1) is 16.8. The largest absolute Gasteiger partial charge is 0.395 e. The van der Waals surface area contributed by atoms with Crippen LogP contribution in [0, 0.1) is 13.8 Å². The van der Waals surface area contributed by atoms with Crippen LogP contribution in [0.25, 0.3) is 11.3 Å². The number of rotatable bonds is 5. The zero-order chi connectivity index (χ0) is 16.1. The number of aliphatic hydroxyl groups is 1. The van der Waals surface area contributed by atoms with Crippen LogP contribution >= 0.6 is 23.8 Å². The monoisotopic (exact) mass is 335 g/mol. The average molecular weight is 336 g/mol. The highest BCUT2D eigenvalue weighted by molar-refractivity contribution is 7.80. The third-order valence-corrected chi connectivity index (χ3v) is 3.86. The lowest BCUT2D eigenvalue weighted by Gasteiger charge is -2.10. The Morgan fingerprint density at radius 2 is 2.09 bits per heavy atom. The number of nitrogens with zero attached hydrogens (tertiary/aromatic N) is 2. The van der Waals surface area contributed by atoms with Gasteiger partial charge in [0, 0.05) is 18.2 Å². The molecule has 0 atom stereocenters. The Kier molecular flexibility index (Phi) is 5.83. The Hall–Kier alpha value is -1.56. The van der Waals surface area contributed by atoms with E-state index in [9.17, 15) is 0 Å². The van der Waals surface area contributed by atoms with Gasteiger partial charge in [-0.05, 0) is 25.0 Å². The van der Waals surface area contributed by atoms with Crippen LogP contribution in [-0.2, 0) is 6.42 Å². The molecule has 2 aromatic rings. The van der Waals surface area contributed by atoms with Crippen LogP contribution in [0.4, 0.5) is 0 Å². The van der Waals surface area contributed by atoms with Crippen molar-refractivity contribution < 1.29 is 5.11 Å². The summed E-state index contributed by atoms with van der Waals surface area (Å²) in [5.74, 6) is 0.568. The molecule has 0 radical (unpaired) electrons. The highest BCUT2D eigenvalue weighted by Crippen LogP contribution is 2.25. The van der Waals surface area contributed by atoms with E-state index in [0.717, 1.165) is 11.3 Å². The van der Waals surface area contributed by atoms with E-state index in [1.54, 1.807) is 6.07 Å². The van der Waals surface area contributed by atoms with Gasteiger partial charge in [0.15, 0.2) is 0 Å². The summed E-state index contributed by atoms with van der Waals surface area (Å²) >= 11 is 11.3. The molecule has 0 aliphatic rings. The predicted molar refractivity (Wildman–Crippen MR) is 93.3 cm³/mol. The first-order chi connectivity index (χ1) is 10.5. The van der Waals surface area contributed by atoms with Crippen LogP contribution in [-0.4, -0.2) is 33.2 Å². The molecule has 0 aliphatic carbocycles. The number of halogens is 1. The van der Waals surface area contributed by atoms with Gasteiger partial charge in [-0.25, -0.2) is 9.97 Å². The number of hydrogen-bond acceptors (Lipinski definition) is 4. The number of thiocarbonyl (C=S) groups is 1. The van der Waals surface area contributed by atoms with Crippen molar-refractivity contribution in [3.63, 3.8) is 0 Å². The van der Waals surface area contributed by atoms with Gasteiger partial charge in [-0.15, -0.1) is 0 Å². The Labute approximate surface area is 140 Å². The van der Waals surface area contributed by atoms with Crippen LogP contribution in [0.1, 0.15) is 17.0 Å². The van der Waals surface area contributed by atoms with E-state index >= 15 is 0 Å². The number of aliphatic hydroxyl groups excluding tert-OH is 1. The van der Waals surface area contributed by atoms with Crippen molar-refractivity contribution in [2.24, 2.45) is 0 Å². The summed E-state index contributed by atoms with van der Waals surface area (Å²) in [5.41, 5.74) is 4.21. The van der Waals surface area contributed by atoms with Crippen molar-refractivity contribution in [2.75, 3.05) is 13.2 Å². The summed E-state index contributed by atoms with van der Waals surface area (Å²) in [5, 5.41) is 12.1. The molecule has 0 amide bonds. The maximum absolute atomic E-state index is 8.80. The third kappa shape index (κ3) is 4.22. The number of aromatic nitrogens is 2. The Morgan fingerprint density at radius 3 is 2.82 bits per heavy atom. The lowest BCUT2D eigenvalue weighted by Crippen LogP contribution is -2.27. The maximum Gasteiger partial charge on any atom is 0.137 e. The molecule has 1 aromatic heterocycles. The first-order valence-electron chi connectivity index (χ1n) is 6.99. The minimum absolute atomic E-state index is 0.0320. The fourth-order valence-corrected chi connectivity index (χ4v) is 2.54. The molecule has 22 heavy (non-hydrogen) atoms. The molecule has 0 saturated carbocycles. The third-order valence-electron chi connectivity index (χ3n) is 3.37. The highest BCUT2D eigenvalue weighted by atomic mass is 35.5. The molecule has 2 rings (SSSR count). The Balaban J connectivity index is 2.31. The molecule has 0 unspecified atom stereocenters. The predicted octanol–water partition coefficient (Wildman–Crippen LogP) is 2.87. The zero-order valence-electron chi connectivity index (χ0n) is 12.6. The maximum atomic E-state index is 8.80. The van der Waals surface area contributed by atoms with Crippen molar-refractivity contribution in [3.8, 4) is 11.3 Å². The van der Waals surface area contributed by atoms with Crippen molar-refractivity contribution in [2.45, 2.75) is 20.3 Å². The van der Waals surface area contributed by atoms with E-state index in [2.05, 4.69) is 35.2 Å². The fourth-order valence-electron chi connectivity index (χ4n) is 2.11. The van der Waals surface area contributed by atoms with Crippen molar-refractivity contribution >= 4 is 28.8 Å². The van der Waals surface area contributed by atoms with E-state index in [4.69, 9.17) is 28.9 Å². The standard InChI is InChI=1S/C16H18ClN3OS/c1-10-4-3-5-12(11(10)2)13-8-14(17)20-15(19-13)9-16(22)18-6-7-21/h3-5,8,21H,6-7,9H2,1-2H3,(H,18,22). The van der Waals surface area contributed by atoms with E-state index in [-0.39, 0.29) is 6.61 Å². The molecule has 0 spiro atoms. The number of benzene rings is 1. The van der Waals surface area contributed by atoms with Crippen LogP contribution in [0.15, 0.2) is 24.3 Å². The first-order valence-corrected chi connectivity index (χ1v) is 7.77. The lowest BCUT2D eigenvalue weighted by atomic mass is 10.0. The molecule has 6 heteroatoms. The van der Waals surface area contributed by atoms with Crippen molar-refractivity contribution in [1.82, 2.24) is 15.3 Å². The summed E-state index contributed by atoms with van der Waals surface area (Å²) in [7, 11) is 0. The normalized spacial score (nSPS) is 10.5. The molecule has 1 aromatic carbocycles. The molecule has 0 bridgehead atoms. The Bertz CT molecular complexity index is 691. The zero-order valence-corrected chi connectivity index (χ0v) is 14.1. The highest BCUT2D eigenvalue weighted by Gasteiger charge is 2.10. The van der Waals surface area contributed by atoms with Crippen LogP contribution < -0.4 is 5.32 Å². The van der Waals surface area contributed by atoms with Gasteiger partial charge in [0.2, 0.25) is 0 Å². The van der Waals surface area contributed by atoms with Crippen LogP contribution in [0.5, 0.6) is 0 Å². The van der Waals surface area contributed by atoms with Gasteiger partial charge >= 0.3 is 0 Å². The number of nitrogens with one attached hydrogen (secondary N) is 1. The fraction of sp³-hybridized carbons (Fsp3) is 0.312. The Morgan fingerprint density at radius 1 is 1.32 bits per heavy atom. The quantitative estimate of drug-likeness (QED) is 0.650. The van der Waals surface area contributed by atoms with Gasteiger partial charge in [-0.3, -0.25) is 0 Å². The topological polar surface area (TPSA) is 58.0 Å². The number of aryl methyl sites for hydroxylation is 1. The van der Waals surface area contributed by atoms with Crippen LogP contribution in [0.2, 0.25) is 5.15 Å². The van der Waals surface area contributed by atoms with Gasteiger partial charge in [0.25, 0.3) is 0 Å². The number of hydrogen-bond donors (Lipinski definition) is 2. The van der Waals surface area contributed by atoms with Gasteiger partial charge in [0.1, 0.15) is 11.0 Å². The van der Waals surface area contributed by atoms with E-state index in [1.165, 1.54) is 11.1 Å². The summed E-state index contributed by atoms with van der Waals surface area (Å²) in [4.78, 5) is 9.38. The van der Waals surface area contributed by atoms with E-state index in [0.29, 0.717) is 28.9 Å². The second kappa shape index (κ2) is 7.63. The molecule has 1 heterocycles. The minimum atomic E-state index is 0.0320. The summed E-state index contributed by atoms with van der Waals surface area (Å²) in [6.07, 6.45) is 0.397. The summed E-state index contributed by atoms with van der Waals surface area (Å²) in [6.45, 7) is 4.58. The molecule has 0 saturated heterocycles. The molecule has 0 fully saturated rings. The van der Waals surface area contributed by atoms with Gasteiger partial charge in [-0.2, -0.15) is 0 Å². The second-order valence-electron chi connectivity index (χ2n) is 4.99. The molecular formula is C16H18ClN3OS. The molecular weight excluding hydrogens is 318 g/mol. The molecule has 4 nitrogen and oxygen atoms in total. The van der Waals surface area contributed by atoms with E-state index in [1.807, 2.05) is 12.1 Å². The van der Waals surface area contributed by atoms with Crippen molar-refractivity contribution in [3.05, 3.63) is 46.4 Å². The van der Waals surface area contributed by atoms with E-state index < -0.39 is 0 Å². The minimum Gasteiger partial charge on any atom is -0.395 e. The van der Waals surface area contributed by atoms with Gasteiger partial charge < -0.3 is 10.4 Å². The van der Waals surface area contributed by atoms with Gasteiger partial charge in [-0.1, -0.05) is 42.0 Å². The summed E-state index contributed by atoms with van der Waals surface area (Å²) < 4.78 is 0. The molecule has 2 N–H and O–H groups in total.